The molecule has 2 unspecified atom stereocenters. The Kier molecular flexibility index (Phi) is 5.30. The van der Waals surface area contributed by atoms with Crippen molar-refractivity contribution in [1.29, 1.82) is 0 Å². The van der Waals surface area contributed by atoms with E-state index < -0.39 is 11.2 Å². The summed E-state index contributed by atoms with van der Waals surface area (Å²) in [6.07, 6.45) is 4.63. The molecule has 2 rings (SSSR count). The smallest absolute Gasteiger partial charge is 0.130 e. The molecule has 20 heavy (non-hydrogen) atoms. The number of rotatable bonds is 7. The van der Waals surface area contributed by atoms with Gasteiger partial charge in [-0.2, -0.15) is 0 Å². The van der Waals surface area contributed by atoms with Crippen molar-refractivity contribution in [3.63, 3.8) is 0 Å². The second kappa shape index (κ2) is 6.79. The average molecular weight is 292 g/mol. The summed E-state index contributed by atoms with van der Waals surface area (Å²) < 4.78 is 17.6. The summed E-state index contributed by atoms with van der Waals surface area (Å²) in [7, 11) is 0. The Morgan fingerprint density at radius 2 is 2.00 bits per heavy atom. The quantitative estimate of drug-likeness (QED) is 0.435. The molecular formula is C17H24O2S. The van der Waals surface area contributed by atoms with E-state index in [9.17, 15) is 4.55 Å². The average Bonchev–Trinajstić information content (AvgIpc) is 3.03. The molecule has 2 nitrogen and oxygen atoms in total. The predicted octanol–water partition coefficient (Wildman–Crippen LogP) is 3.84. The molecule has 1 aromatic rings. The lowest BCUT2D eigenvalue weighted by Gasteiger charge is -2.09. The monoisotopic (exact) mass is 292 g/mol. The Morgan fingerprint density at radius 1 is 1.35 bits per heavy atom. The van der Waals surface area contributed by atoms with Gasteiger partial charge >= 0.3 is 0 Å². The topological polar surface area (TPSA) is 35.6 Å². The lowest BCUT2D eigenvalue weighted by atomic mass is 10.0. The minimum atomic E-state index is -0.813. The summed E-state index contributed by atoms with van der Waals surface area (Å²) in [4.78, 5) is 0. The van der Waals surface area contributed by atoms with Crippen molar-refractivity contribution in [2.45, 2.75) is 51.1 Å². The summed E-state index contributed by atoms with van der Waals surface area (Å²) in [5.74, 6) is 1.29. The Hall–Kier alpha value is -0.770. The maximum atomic E-state index is 12.0. The van der Waals surface area contributed by atoms with Gasteiger partial charge in [0.15, 0.2) is 0 Å². The van der Waals surface area contributed by atoms with Gasteiger partial charge in [0.05, 0.1) is 11.7 Å². The third-order valence-corrected chi connectivity index (χ3v) is 4.95. The number of hydrogen-bond donors (Lipinski definition) is 0. The van der Waals surface area contributed by atoms with Crippen LogP contribution in [0.15, 0.2) is 42.0 Å². The van der Waals surface area contributed by atoms with Gasteiger partial charge in [-0.1, -0.05) is 35.9 Å². The fraction of sp³-hybridized carbons (Fsp3) is 0.529. The minimum absolute atomic E-state index is 0.0798. The highest BCUT2D eigenvalue weighted by Gasteiger charge is 2.46. The number of benzene rings is 1. The SMILES string of the molecule is CC(=CC[S+]([O-])Cc1ccccc1)CCC1OC1(C)C. The molecule has 0 aliphatic carbocycles. The lowest BCUT2D eigenvalue weighted by molar-refractivity contribution is 0.320. The van der Waals surface area contributed by atoms with Crippen LogP contribution in [0.5, 0.6) is 0 Å². The van der Waals surface area contributed by atoms with E-state index in [0.29, 0.717) is 17.6 Å². The number of ether oxygens (including phenoxy) is 1. The summed E-state index contributed by atoms with van der Waals surface area (Å²) in [6.45, 7) is 6.38. The third kappa shape index (κ3) is 4.97. The third-order valence-electron chi connectivity index (χ3n) is 3.75. The highest BCUT2D eigenvalue weighted by Crippen LogP contribution is 2.38. The van der Waals surface area contributed by atoms with Crippen molar-refractivity contribution in [1.82, 2.24) is 0 Å². The second-order valence-electron chi connectivity index (χ2n) is 6.04. The molecule has 0 spiro atoms. The van der Waals surface area contributed by atoms with E-state index >= 15 is 0 Å². The van der Waals surface area contributed by atoms with Gasteiger partial charge in [0.2, 0.25) is 0 Å². The standard InChI is InChI=1S/C17H24O2S/c1-14(9-10-16-17(2,3)19-16)11-12-20(18)13-15-7-5-4-6-8-15/h4-8,11,16H,9-10,12-13H2,1-3H3. The highest BCUT2D eigenvalue weighted by atomic mass is 32.2. The first-order valence-electron chi connectivity index (χ1n) is 7.20. The highest BCUT2D eigenvalue weighted by molar-refractivity contribution is 7.90. The molecule has 1 aliphatic rings. The summed E-state index contributed by atoms with van der Waals surface area (Å²) >= 11 is -0.813. The van der Waals surface area contributed by atoms with E-state index in [-0.39, 0.29) is 5.60 Å². The van der Waals surface area contributed by atoms with Crippen molar-refractivity contribution in [3.05, 3.63) is 47.5 Å². The molecule has 0 saturated carbocycles. The first-order valence-corrected chi connectivity index (χ1v) is 8.68. The van der Waals surface area contributed by atoms with Crippen molar-refractivity contribution < 1.29 is 9.29 Å². The molecular weight excluding hydrogens is 268 g/mol. The normalized spacial score (nSPS) is 22.6. The van der Waals surface area contributed by atoms with E-state index in [2.05, 4.69) is 26.8 Å². The fourth-order valence-electron chi connectivity index (χ4n) is 2.25. The van der Waals surface area contributed by atoms with Crippen LogP contribution in [0.3, 0.4) is 0 Å². The van der Waals surface area contributed by atoms with E-state index in [1.54, 1.807) is 0 Å². The lowest BCUT2D eigenvalue weighted by Crippen LogP contribution is -2.08. The van der Waals surface area contributed by atoms with Crippen LogP contribution in [-0.2, 0) is 21.7 Å². The van der Waals surface area contributed by atoms with Crippen LogP contribution in [0, 0.1) is 0 Å². The number of hydrogen-bond acceptors (Lipinski definition) is 2. The molecule has 0 amide bonds. The van der Waals surface area contributed by atoms with Gasteiger partial charge < -0.3 is 9.29 Å². The zero-order chi connectivity index (χ0) is 14.6. The summed E-state index contributed by atoms with van der Waals surface area (Å²) in [5.41, 5.74) is 2.54. The van der Waals surface area contributed by atoms with E-state index in [4.69, 9.17) is 4.74 Å². The zero-order valence-corrected chi connectivity index (χ0v) is 13.4. The van der Waals surface area contributed by atoms with Crippen LogP contribution in [-0.4, -0.2) is 22.0 Å². The molecule has 3 heteroatoms. The summed E-state index contributed by atoms with van der Waals surface area (Å²) in [5, 5.41) is 0. The van der Waals surface area contributed by atoms with Gasteiger partial charge in [-0.25, -0.2) is 0 Å². The maximum Gasteiger partial charge on any atom is 0.130 e. The predicted molar refractivity (Wildman–Crippen MR) is 85.1 cm³/mol. The Balaban J connectivity index is 1.68. The first-order chi connectivity index (χ1) is 9.47. The molecule has 0 radical (unpaired) electrons. The molecule has 1 saturated heterocycles. The largest absolute Gasteiger partial charge is 0.616 e. The van der Waals surface area contributed by atoms with Gasteiger partial charge in [0.1, 0.15) is 11.5 Å². The minimum Gasteiger partial charge on any atom is -0.616 e. The molecule has 1 heterocycles. The molecule has 2 atom stereocenters. The van der Waals surface area contributed by atoms with Crippen LogP contribution in [0.4, 0.5) is 0 Å². The molecule has 0 N–H and O–H groups in total. The molecule has 1 fully saturated rings. The molecule has 1 aliphatic heterocycles. The number of allylic oxidation sites excluding steroid dienone is 1. The maximum absolute atomic E-state index is 12.0. The van der Waals surface area contributed by atoms with Crippen LogP contribution >= 0.6 is 0 Å². The van der Waals surface area contributed by atoms with Crippen molar-refractivity contribution >= 4 is 11.2 Å². The summed E-state index contributed by atoms with van der Waals surface area (Å²) in [6, 6.07) is 10.0. The molecule has 1 aromatic carbocycles. The van der Waals surface area contributed by atoms with Gasteiger partial charge in [-0.3, -0.25) is 0 Å². The van der Waals surface area contributed by atoms with Crippen LogP contribution in [0.25, 0.3) is 0 Å². The van der Waals surface area contributed by atoms with Crippen molar-refractivity contribution in [2.75, 3.05) is 5.75 Å². The van der Waals surface area contributed by atoms with Gasteiger partial charge in [-0.05, 0) is 50.9 Å². The van der Waals surface area contributed by atoms with Crippen LogP contribution in [0.1, 0.15) is 39.2 Å². The zero-order valence-electron chi connectivity index (χ0n) is 12.6. The van der Waals surface area contributed by atoms with Crippen molar-refractivity contribution in [2.24, 2.45) is 0 Å². The Bertz CT molecular complexity index is 453. The van der Waals surface area contributed by atoms with Crippen LogP contribution in [0.2, 0.25) is 0 Å². The fourth-order valence-corrected chi connectivity index (χ4v) is 3.41. The Labute approximate surface area is 125 Å². The van der Waals surface area contributed by atoms with Crippen molar-refractivity contribution in [3.8, 4) is 0 Å². The number of epoxide rings is 1. The van der Waals surface area contributed by atoms with Crippen LogP contribution < -0.4 is 0 Å². The first kappa shape index (κ1) is 15.6. The second-order valence-corrected chi connectivity index (χ2v) is 7.54. The molecule has 110 valence electrons. The van der Waals surface area contributed by atoms with Gasteiger partial charge in [-0.15, -0.1) is 0 Å². The van der Waals surface area contributed by atoms with E-state index in [1.807, 2.05) is 30.3 Å². The van der Waals surface area contributed by atoms with Gasteiger partial charge in [0.25, 0.3) is 0 Å². The van der Waals surface area contributed by atoms with E-state index in [1.165, 1.54) is 5.57 Å². The molecule has 0 aromatic heterocycles. The Morgan fingerprint density at radius 3 is 2.60 bits per heavy atom. The van der Waals surface area contributed by atoms with Gasteiger partial charge in [0, 0.05) is 5.56 Å². The van der Waals surface area contributed by atoms with E-state index in [0.717, 1.165) is 18.4 Å². The molecule has 0 bridgehead atoms.